The highest BCUT2D eigenvalue weighted by Gasteiger charge is 2.10. The van der Waals surface area contributed by atoms with Gasteiger partial charge in [-0.3, -0.25) is 0 Å². The van der Waals surface area contributed by atoms with Gasteiger partial charge in [-0.1, -0.05) is 39.0 Å². The third kappa shape index (κ3) is 5.18. The summed E-state index contributed by atoms with van der Waals surface area (Å²) in [4.78, 5) is 1.32. The number of benzene rings is 1. The summed E-state index contributed by atoms with van der Waals surface area (Å²) in [6.07, 6.45) is 4.66. The normalized spacial score (nSPS) is 12.9. The van der Waals surface area contributed by atoms with Crippen LogP contribution in [0.4, 0.5) is 0 Å². The van der Waals surface area contributed by atoms with Crippen LogP contribution in [-0.2, 0) is 0 Å². The highest BCUT2D eigenvalue weighted by Crippen LogP contribution is 2.31. The predicted octanol–water partition coefficient (Wildman–Crippen LogP) is 5.22. The molecule has 0 spiro atoms. The molecule has 1 aromatic rings. The molecule has 1 rings (SSSR count). The van der Waals surface area contributed by atoms with Crippen LogP contribution in [0.25, 0.3) is 4.91 Å². The molecule has 0 heterocycles. The maximum Gasteiger partial charge on any atom is 0.119 e. The van der Waals surface area contributed by atoms with Gasteiger partial charge >= 0.3 is 0 Å². The lowest BCUT2D eigenvalue weighted by Crippen LogP contribution is -2.05. The molecule has 1 nitrogen and oxygen atoms in total. The van der Waals surface area contributed by atoms with E-state index in [1.807, 2.05) is 26.0 Å². The molecule has 0 bridgehead atoms. The van der Waals surface area contributed by atoms with E-state index in [0.29, 0.717) is 0 Å². The van der Waals surface area contributed by atoms with E-state index in [9.17, 15) is 0 Å². The number of rotatable bonds is 4. The molecular formula is C16H24OS. The molecule has 0 amide bonds. The van der Waals surface area contributed by atoms with Gasteiger partial charge in [-0.25, -0.2) is 0 Å². The van der Waals surface area contributed by atoms with Crippen LogP contribution in [0.15, 0.2) is 30.3 Å². The molecule has 0 atom stereocenters. The Morgan fingerprint density at radius 3 is 2.11 bits per heavy atom. The Balaban J connectivity index is 2.92. The van der Waals surface area contributed by atoms with Crippen LogP contribution in [-0.4, -0.2) is 12.4 Å². The van der Waals surface area contributed by atoms with Gasteiger partial charge in [0.2, 0.25) is 0 Å². The summed E-state index contributed by atoms with van der Waals surface area (Å²) in [5.41, 5.74) is 1.46. The summed E-state index contributed by atoms with van der Waals surface area (Å²) < 4.78 is 5.66. The molecule has 100 valence electrons. The lowest BCUT2D eigenvalue weighted by atomic mass is 9.95. The summed E-state index contributed by atoms with van der Waals surface area (Å²) in [7, 11) is 0. The molecule has 0 unspecified atom stereocenters. The molecule has 0 saturated heterocycles. The van der Waals surface area contributed by atoms with Crippen molar-refractivity contribution in [2.75, 3.05) is 6.26 Å². The van der Waals surface area contributed by atoms with E-state index in [1.54, 1.807) is 11.8 Å². The predicted molar refractivity (Wildman–Crippen MR) is 83.2 cm³/mol. The Morgan fingerprint density at radius 1 is 1.17 bits per heavy atom. The number of ether oxygens (including phenoxy) is 1. The maximum absolute atomic E-state index is 5.66. The Morgan fingerprint density at radius 2 is 1.72 bits per heavy atom. The fourth-order valence-corrected chi connectivity index (χ4v) is 2.47. The number of hydrogen-bond donors (Lipinski definition) is 0. The van der Waals surface area contributed by atoms with Gasteiger partial charge in [0.1, 0.15) is 5.75 Å². The summed E-state index contributed by atoms with van der Waals surface area (Å²) >= 11 is 1.79. The highest BCUT2D eigenvalue weighted by molar-refractivity contribution is 8.07. The fourth-order valence-electron chi connectivity index (χ4n) is 1.62. The minimum atomic E-state index is 0.200. The highest BCUT2D eigenvalue weighted by atomic mass is 32.2. The van der Waals surface area contributed by atoms with Crippen LogP contribution in [0.3, 0.4) is 0 Å². The monoisotopic (exact) mass is 264 g/mol. The fraction of sp³-hybridized carbons (Fsp3) is 0.500. The van der Waals surface area contributed by atoms with Crippen molar-refractivity contribution >= 4 is 16.7 Å². The number of thioether (sulfide) groups is 1. The van der Waals surface area contributed by atoms with Gasteiger partial charge in [-0.05, 0) is 43.2 Å². The Labute approximate surface area is 116 Å². The van der Waals surface area contributed by atoms with Gasteiger partial charge < -0.3 is 4.74 Å². The molecule has 0 aliphatic rings. The van der Waals surface area contributed by atoms with E-state index < -0.39 is 0 Å². The first kappa shape index (κ1) is 15.2. The van der Waals surface area contributed by atoms with Gasteiger partial charge in [-0.2, -0.15) is 0 Å². The lowest BCUT2D eigenvalue weighted by molar-refractivity contribution is 0.242. The van der Waals surface area contributed by atoms with E-state index in [1.165, 1.54) is 10.5 Å². The van der Waals surface area contributed by atoms with Crippen LogP contribution >= 0.6 is 11.8 Å². The third-order valence-corrected chi connectivity index (χ3v) is 3.09. The Kier molecular flexibility index (Phi) is 5.33. The quantitative estimate of drug-likeness (QED) is 0.737. The lowest BCUT2D eigenvalue weighted by Gasteiger charge is -2.16. The van der Waals surface area contributed by atoms with Crippen LogP contribution in [0, 0.1) is 5.41 Å². The molecule has 1 aromatic carbocycles. The van der Waals surface area contributed by atoms with Gasteiger partial charge in [0.05, 0.1) is 6.10 Å². The molecule has 0 saturated carbocycles. The van der Waals surface area contributed by atoms with E-state index in [-0.39, 0.29) is 11.5 Å². The first-order valence-corrected chi connectivity index (χ1v) is 7.58. The molecule has 0 N–H and O–H groups in total. The molecule has 0 aliphatic heterocycles. The first-order chi connectivity index (χ1) is 8.31. The molecule has 2 heteroatoms. The van der Waals surface area contributed by atoms with E-state index in [0.717, 1.165) is 5.75 Å². The second kappa shape index (κ2) is 6.33. The number of hydrogen-bond acceptors (Lipinski definition) is 2. The van der Waals surface area contributed by atoms with Crippen molar-refractivity contribution in [3.05, 3.63) is 35.9 Å². The standard InChI is InChI=1S/C16H24OS/c1-12(2)17-14-9-7-13(8-10-14)15(18-6)11-16(3,4)5/h7-12H,1-6H3/b15-11+. The van der Waals surface area contributed by atoms with Crippen molar-refractivity contribution < 1.29 is 4.74 Å². The molecule has 18 heavy (non-hydrogen) atoms. The van der Waals surface area contributed by atoms with Gasteiger partial charge in [0.15, 0.2) is 0 Å². The zero-order valence-corrected chi connectivity index (χ0v) is 13.1. The maximum atomic E-state index is 5.66. The van der Waals surface area contributed by atoms with Gasteiger partial charge in [0.25, 0.3) is 0 Å². The van der Waals surface area contributed by atoms with Crippen LogP contribution < -0.4 is 4.74 Å². The Hall–Kier alpha value is -0.890. The molecule has 0 fully saturated rings. The molecule has 0 aliphatic carbocycles. The van der Waals surface area contributed by atoms with Gasteiger partial charge in [-0.15, -0.1) is 11.8 Å². The summed E-state index contributed by atoms with van der Waals surface area (Å²) in [6.45, 7) is 10.7. The van der Waals surface area contributed by atoms with Crippen molar-refractivity contribution in [1.82, 2.24) is 0 Å². The topological polar surface area (TPSA) is 9.23 Å². The SMILES string of the molecule is CS/C(=C/C(C)(C)C)c1ccc(OC(C)C)cc1. The zero-order valence-electron chi connectivity index (χ0n) is 12.3. The second-order valence-electron chi connectivity index (χ2n) is 5.77. The minimum absolute atomic E-state index is 0.200. The van der Waals surface area contributed by atoms with Crippen molar-refractivity contribution in [2.24, 2.45) is 5.41 Å². The second-order valence-corrected chi connectivity index (χ2v) is 6.62. The molecular weight excluding hydrogens is 240 g/mol. The van der Waals surface area contributed by atoms with E-state index >= 15 is 0 Å². The average Bonchev–Trinajstić information content (AvgIpc) is 2.25. The van der Waals surface area contributed by atoms with Crippen LogP contribution in [0.2, 0.25) is 0 Å². The van der Waals surface area contributed by atoms with Crippen molar-refractivity contribution in [3.8, 4) is 5.75 Å². The van der Waals surface area contributed by atoms with Crippen molar-refractivity contribution in [1.29, 1.82) is 0 Å². The van der Waals surface area contributed by atoms with Crippen LogP contribution in [0.1, 0.15) is 40.2 Å². The van der Waals surface area contributed by atoms with Crippen molar-refractivity contribution in [3.63, 3.8) is 0 Å². The van der Waals surface area contributed by atoms with E-state index in [2.05, 4.69) is 45.2 Å². The smallest absolute Gasteiger partial charge is 0.119 e. The number of allylic oxidation sites excluding steroid dienone is 1. The van der Waals surface area contributed by atoms with Crippen molar-refractivity contribution in [2.45, 2.75) is 40.7 Å². The first-order valence-electron chi connectivity index (χ1n) is 6.36. The Bertz CT molecular complexity index is 396. The largest absolute Gasteiger partial charge is 0.491 e. The molecule has 0 radical (unpaired) electrons. The summed E-state index contributed by atoms with van der Waals surface area (Å²) in [5, 5.41) is 0. The summed E-state index contributed by atoms with van der Waals surface area (Å²) in [5.74, 6) is 0.935. The summed E-state index contributed by atoms with van der Waals surface area (Å²) in [6, 6.07) is 8.35. The van der Waals surface area contributed by atoms with Gasteiger partial charge in [0, 0.05) is 4.91 Å². The molecule has 0 aromatic heterocycles. The van der Waals surface area contributed by atoms with Crippen LogP contribution in [0.5, 0.6) is 5.75 Å². The minimum Gasteiger partial charge on any atom is -0.491 e. The third-order valence-electron chi connectivity index (χ3n) is 2.29. The zero-order chi connectivity index (χ0) is 13.8. The average molecular weight is 264 g/mol. The van der Waals surface area contributed by atoms with E-state index in [4.69, 9.17) is 4.74 Å².